The molecular weight excluding hydrogens is 399 g/mol. The average Bonchev–Trinajstić information content (AvgIpc) is 2.64. The molecule has 1 fully saturated rings. The van der Waals surface area contributed by atoms with Crippen LogP contribution in [0.15, 0.2) is 36.5 Å². The predicted octanol–water partition coefficient (Wildman–Crippen LogP) is 3.70. The number of hydrogen-bond donors (Lipinski definition) is 3. The minimum atomic E-state index is -4.84. The Hall–Kier alpha value is -2.23. The van der Waals surface area contributed by atoms with Crippen LogP contribution in [0.3, 0.4) is 0 Å². The van der Waals surface area contributed by atoms with E-state index in [1.807, 2.05) is 4.90 Å². The van der Waals surface area contributed by atoms with Crippen molar-refractivity contribution in [3.05, 3.63) is 41.6 Å². The lowest BCUT2D eigenvalue weighted by molar-refractivity contribution is -0.274. The Kier molecular flexibility index (Phi) is 5.87. The molecular formula is C18H19ClF3N3O3. The van der Waals surface area contributed by atoms with E-state index in [4.69, 9.17) is 11.6 Å². The molecule has 2 heterocycles. The number of ether oxygens (including phenoxy) is 1. The maximum absolute atomic E-state index is 12.5. The van der Waals surface area contributed by atoms with Crippen molar-refractivity contribution >= 4 is 28.8 Å². The zero-order valence-electron chi connectivity index (χ0n) is 14.7. The van der Waals surface area contributed by atoms with Gasteiger partial charge in [0.25, 0.3) is 0 Å². The van der Waals surface area contributed by atoms with E-state index in [-0.39, 0.29) is 11.6 Å². The fourth-order valence-corrected chi connectivity index (χ4v) is 3.09. The number of anilines is 3. The minimum Gasteiger partial charge on any atom is -0.404 e. The zero-order valence-corrected chi connectivity index (χ0v) is 15.5. The van der Waals surface area contributed by atoms with Crippen LogP contribution < -0.4 is 15.0 Å². The third-order valence-corrected chi connectivity index (χ3v) is 4.82. The molecule has 0 bridgehead atoms. The lowest BCUT2D eigenvalue weighted by atomic mass is 9.92. The molecule has 0 radical (unpaired) electrons. The van der Waals surface area contributed by atoms with Crippen molar-refractivity contribution in [3.8, 4) is 5.75 Å². The lowest BCUT2D eigenvalue weighted by Gasteiger charge is -2.37. The normalized spacial score (nSPS) is 16.7. The van der Waals surface area contributed by atoms with Crippen LogP contribution in [0.5, 0.6) is 5.75 Å². The van der Waals surface area contributed by atoms with E-state index in [0.717, 1.165) is 6.07 Å². The van der Waals surface area contributed by atoms with Gasteiger partial charge in [-0.05, 0) is 31.0 Å². The topological polar surface area (TPSA) is 77.9 Å². The van der Waals surface area contributed by atoms with E-state index in [1.54, 1.807) is 18.3 Å². The number of piperidine rings is 1. The number of aliphatic hydroxyl groups excluding tert-OH is 1. The molecule has 0 spiro atoms. The van der Waals surface area contributed by atoms with Gasteiger partial charge in [0.2, 0.25) is 0 Å². The van der Waals surface area contributed by atoms with Gasteiger partial charge < -0.3 is 25.2 Å². The summed E-state index contributed by atoms with van der Waals surface area (Å²) in [7, 11) is 0. The van der Waals surface area contributed by atoms with Crippen molar-refractivity contribution in [3.63, 3.8) is 0 Å². The highest BCUT2D eigenvalue weighted by Crippen LogP contribution is 2.34. The number of pyridine rings is 1. The van der Waals surface area contributed by atoms with Crippen molar-refractivity contribution < 1.29 is 28.1 Å². The van der Waals surface area contributed by atoms with E-state index in [0.29, 0.717) is 43.1 Å². The molecule has 3 N–H and O–H groups in total. The standard InChI is InChI=1S/C18H19ClF3N3O3/c19-14-2-1-12(9-15(14)28-18(20,21)22)24-13-3-6-23-16(10-13)25-7-4-17(27,11-26)5-8-25/h1-3,6,9-10,26-27H,4-5,7-8,11H2,(H,23,24). The van der Waals surface area contributed by atoms with Gasteiger partial charge in [0, 0.05) is 42.8 Å². The summed E-state index contributed by atoms with van der Waals surface area (Å²) in [5, 5.41) is 22.2. The number of aromatic nitrogens is 1. The summed E-state index contributed by atoms with van der Waals surface area (Å²) in [5.74, 6) is 0.165. The Balaban J connectivity index is 1.72. The van der Waals surface area contributed by atoms with Crippen molar-refractivity contribution in [2.45, 2.75) is 24.8 Å². The van der Waals surface area contributed by atoms with Crippen LogP contribution in [0.4, 0.5) is 30.4 Å². The van der Waals surface area contributed by atoms with Crippen LogP contribution in [0, 0.1) is 0 Å². The van der Waals surface area contributed by atoms with Crippen molar-refractivity contribution in [2.24, 2.45) is 0 Å². The highest BCUT2D eigenvalue weighted by Gasteiger charge is 2.33. The van der Waals surface area contributed by atoms with Gasteiger partial charge in [-0.15, -0.1) is 13.2 Å². The van der Waals surface area contributed by atoms with E-state index in [2.05, 4.69) is 15.0 Å². The van der Waals surface area contributed by atoms with Gasteiger partial charge in [-0.3, -0.25) is 0 Å². The highest BCUT2D eigenvalue weighted by molar-refractivity contribution is 6.32. The zero-order chi connectivity index (χ0) is 20.4. The molecule has 1 aromatic carbocycles. The Morgan fingerprint density at radius 3 is 2.50 bits per heavy atom. The third kappa shape index (κ3) is 5.18. The number of aliphatic hydroxyl groups is 2. The van der Waals surface area contributed by atoms with Crippen molar-refractivity contribution in [2.75, 3.05) is 29.9 Å². The molecule has 1 aromatic heterocycles. The van der Waals surface area contributed by atoms with Gasteiger partial charge in [0.15, 0.2) is 0 Å². The number of benzene rings is 1. The molecule has 1 aliphatic rings. The summed E-state index contributed by atoms with van der Waals surface area (Å²) in [4.78, 5) is 6.27. The number of hydrogen-bond acceptors (Lipinski definition) is 6. The van der Waals surface area contributed by atoms with E-state index < -0.39 is 17.7 Å². The number of rotatable bonds is 5. The maximum Gasteiger partial charge on any atom is 0.573 e. The SMILES string of the molecule is OCC1(O)CCN(c2cc(Nc3ccc(Cl)c(OC(F)(F)F)c3)ccn2)CC1. The van der Waals surface area contributed by atoms with Crippen LogP contribution in [-0.4, -0.2) is 46.9 Å². The Labute approximate surface area is 164 Å². The molecule has 1 aliphatic heterocycles. The average molecular weight is 418 g/mol. The fourth-order valence-electron chi connectivity index (χ4n) is 2.93. The number of nitrogens with zero attached hydrogens (tertiary/aromatic N) is 2. The van der Waals surface area contributed by atoms with Crippen LogP contribution in [-0.2, 0) is 0 Å². The third-order valence-electron chi connectivity index (χ3n) is 4.50. The number of alkyl halides is 3. The quantitative estimate of drug-likeness (QED) is 0.688. The minimum absolute atomic E-state index is 0.150. The second kappa shape index (κ2) is 8.02. The smallest absolute Gasteiger partial charge is 0.404 e. The molecule has 6 nitrogen and oxygen atoms in total. The molecule has 3 rings (SSSR count). The molecule has 28 heavy (non-hydrogen) atoms. The summed E-state index contributed by atoms with van der Waals surface area (Å²) < 4.78 is 41.3. The number of halogens is 4. The van der Waals surface area contributed by atoms with Crippen LogP contribution >= 0.6 is 11.6 Å². The monoisotopic (exact) mass is 417 g/mol. The van der Waals surface area contributed by atoms with Crippen LogP contribution in [0.1, 0.15) is 12.8 Å². The van der Waals surface area contributed by atoms with E-state index in [1.165, 1.54) is 12.1 Å². The summed E-state index contributed by atoms with van der Waals surface area (Å²) in [6, 6.07) is 7.44. The molecule has 0 atom stereocenters. The molecule has 0 amide bonds. The summed E-state index contributed by atoms with van der Waals surface area (Å²) >= 11 is 5.76. The first-order valence-corrected chi connectivity index (χ1v) is 8.92. The molecule has 1 saturated heterocycles. The first kappa shape index (κ1) is 20.5. The van der Waals surface area contributed by atoms with E-state index >= 15 is 0 Å². The molecule has 2 aromatic rings. The van der Waals surface area contributed by atoms with Crippen molar-refractivity contribution in [1.82, 2.24) is 4.98 Å². The molecule has 152 valence electrons. The summed E-state index contributed by atoms with van der Waals surface area (Å²) in [5.41, 5.74) is -0.0766. The lowest BCUT2D eigenvalue weighted by Crippen LogP contribution is -2.46. The molecule has 0 unspecified atom stereocenters. The maximum atomic E-state index is 12.5. The van der Waals surface area contributed by atoms with Gasteiger partial charge >= 0.3 is 6.36 Å². The van der Waals surface area contributed by atoms with Crippen LogP contribution in [0.25, 0.3) is 0 Å². The highest BCUT2D eigenvalue weighted by atomic mass is 35.5. The Morgan fingerprint density at radius 2 is 1.86 bits per heavy atom. The summed E-state index contributed by atoms with van der Waals surface area (Å²) in [6.45, 7) is 0.769. The fraction of sp³-hybridized carbons (Fsp3) is 0.389. The molecule has 0 saturated carbocycles. The van der Waals surface area contributed by atoms with Gasteiger partial charge in [-0.2, -0.15) is 0 Å². The Bertz CT molecular complexity index is 827. The number of nitrogens with one attached hydrogen (secondary N) is 1. The largest absolute Gasteiger partial charge is 0.573 e. The van der Waals surface area contributed by atoms with Gasteiger partial charge in [0.05, 0.1) is 17.2 Å². The van der Waals surface area contributed by atoms with Crippen LogP contribution in [0.2, 0.25) is 5.02 Å². The van der Waals surface area contributed by atoms with Gasteiger partial charge in [-0.25, -0.2) is 4.98 Å². The molecule has 0 aliphatic carbocycles. The van der Waals surface area contributed by atoms with Crippen molar-refractivity contribution in [1.29, 1.82) is 0 Å². The first-order valence-electron chi connectivity index (χ1n) is 8.54. The second-order valence-electron chi connectivity index (χ2n) is 6.59. The molecule has 10 heteroatoms. The van der Waals surface area contributed by atoms with Gasteiger partial charge in [-0.1, -0.05) is 11.6 Å². The first-order chi connectivity index (χ1) is 13.2. The predicted molar refractivity (Wildman–Crippen MR) is 99.1 cm³/mol. The van der Waals surface area contributed by atoms with E-state index in [9.17, 15) is 23.4 Å². The summed E-state index contributed by atoms with van der Waals surface area (Å²) in [6.07, 6.45) is -2.43. The Morgan fingerprint density at radius 1 is 1.18 bits per heavy atom. The van der Waals surface area contributed by atoms with Gasteiger partial charge in [0.1, 0.15) is 11.6 Å². The second-order valence-corrected chi connectivity index (χ2v) is 7.00.